The van der Waals surface area contributed by atoms with Gasteiger partial charge in [0.1, 0.15) is 12.4 Å². The van der Waals surface area contributed by atoms with Crippen LogP contribution in [-0.4, -0.2) is 31.4 Å². The van der Waals surface area contributed by atoms with Gasteiger partial charge in [0.15, 0.2) is 0 Å². The van der Waals surface area contributed by atoms with E-state index in [0.717, 1.165) is 17.4 Å². The monoisotopic (exact) mass is 397 g/mol. The standard InChI is InChI=1S/C23H27NO5/c1-15(2)21(29-14-18-7-5-6-17(12-18)13-25)22(26)24-16(3)19-8-10-20(11-9-19)23(27)28-4/h5-13,15-16,21H,14H2,1-4H3,(H,24,26)/t16-,21?/m0/s1. The Bertz CT molecular complexity index is 845. The van der Waals surface area contributed by atoms with Crippen molar-refractivity contribution in [1.29, 1.82) is 0 Å². The zero-order valence-electron chi connectivity index (χ0n) is 17.2. The summed E-state index contributed by atoms with van der Waals surface area (Å²) in [5, 5.41) is 2.96. The number of ether oxygens (including phenoxy) is 2. The Morgan fingerprint density at radius 2 is 1.76 bits per heavy atom. The number of benzene rings is 2. The van der Waals surface area contributed by atoms with Gasteiger partial charge in [-0.3, -0.25) is 9.59 Å². The molecule has 0 aliphatic carbocycles. The number of aldehydes is 1. The smallest absolute Gasteiger partial charge is 0.337 e. The largest absolute Gasteiger partial charge is 0.465 e. The summed E-state index contributed by atoms with van der Waals surface area (Å²) >= 11 is 0. The fourth-order valence-electron chi connectivity index (χ4n) is 2.92. The second-order valence-corrected chi connectivity index (χ2v) is 7.18. The highest BCUT2D eigenvalue weighted by molar-refractivity contribution is 5.89. The van der Waals surface area contributed by atoms with Gasteiger partial charge in [-0.05, 0) is 42.2 Å². The molecule has 0 aliphatic rings. The van der Waals surface area contributed by atoms with Gasteiger partial charge in [0.2, 0.25) is 5.91 Å². The molecule has 0 fully saturated rings. The topological polar surface area (TPSA) is 81.7 Å². The van der Waals surface area contributed by atoms with Crippen LogP contribution in [0.25, 0.3) is 0 Å². The van der Waals surface area contributed by atoms with Crippen molar-refractivity contribution in [3.05, 3.63) is 70.8 Å². The van der Waals surface area contributed by atoms with E-state index in [9.17, 15) is 14.4 Å². The van der Waals surface area contributed by atoms with Crippen LogP contribution in [0.2, 0.25) is 0 Å². The van der Waals surface area contributed by atoms with Gasteiger partial charge in [-0.25, -0.2) is 4.79 Å². The highest BCUT2D eigenvalue weighted by atomic mass is 16.5. The molecule has 1 amide bonds. The zero-order chi connectivity index (χ0) is 21.4. The number of hydrogen-bond donors (Lipinski definition) is 1. The van der Waals surface area contributed by atoms with E-state index in [-0.39, 0.29) is 24.5 Å². The molecule has 0 saturated heterocycles. The number of nitrogens with one attached hydrogen (secondary N) is 1. The molecule has 2 atom stereocenters. The summed E-state index contributed by atoms with van der Waals surface area (Å²) in [6, 6.07) is 13.8. The van der Waals surface area contributed by atoms with Gasteiger partial charge in [0, 0.05) is 5.56 Å². The minimum atomic E-state index is -0.633. The van der Waals surface area contributed by atoms with Crippen molar-refractivity contribution in [2.24, 2.45) is 5.92 Å². The summed E-state index contributed by atoms with van der Waals surface area (Å²) < 4.78 is 10.6. The minimum absolute atomic E-state index is 0.0295. The van der Waals surface area contributed by atoms with Crippen LogP contribution in [0.3, 0.4) is 0 Å². The number of methoxy groups -OCH3 is 1. The molecular weight excluding hydrogens is 370 g/mol. The second kappa shape index (κ2) is 10.5. The van der Waals surface area contributed by atoms with Crippen molar-refractivity contribution in [2.45, 2.75) is 39.5 Å². The first-order valence-electron chi connectivity index (χ1n) is 9.50. The molecule has 29 heavy (non-hydrogen) atoms. The fraction of sp³-hybridized carbons (Fsp3) is 0.348. The van der Waals surface area contributed by atoms with E-state index in [1.807, 2.05) is 26.8 Å². The molecule has 0 aromatic heterocycles. The third-order valence-corrected chi connectivity index (χ3v) is 4.57. The molecule has 0 spiro atoms. The van der Waals surface area contributed by atoms with Gasteiger partial charge in [-0.2, -0.15) is 0 Å². The molecule has 2 aromatic rings. The lowest BCUT2D eigenvalue weighted by Gasteiger charge is -2.23. The number of carbonyl (C=O) groups is 3. The van der Waals surface area contributed by atoms with Gasteiger partial charge in [-0.15, -0.1) is 0 Å². The number of carbonyl (C=O) groups excluding carboxylic acids is 3. The first-order valence-corrected chi connectivity index (χ1v) is 9.50. The van der Waals surface area contributed by atoms with E-state index >= 15 is 0 Å². The molecule has 2 rings (SSSR count). The van der Waals surface area contributed by atoms with Crippen LogP contribution in [0, 0.1) is 5.92 Å². The molecule has 0 bridgehead atoms. The van der Waals surface area contributed by atoms with Crippen LogP contribution >= 0.6 is 0 Å². The second-order valence-electron chi connectivity index (χ2n) is 7.18. The Kier molecular flexibility index (Phi) is 8.09. The number of rotatable bonds is 9. The van der Waals surface area contributed by atoms with Crippen LogP contribution in [0.15, 0.2) is 48.5 Å². The lowest BCUT2D eigenvalue weighted by Crippen LogP contribution is -2.40. The Balaban J connectivity index is 2.00. The molecular formula is C23H27NO5. The van der Waals surface area contributed by atoms with E-state index in [1.54, 1.807) is 42.5 Å². The maximum atomic E-state index is 12.8. The molecule has 0 saturated carbocycles. The van der Waals surface area contributed by atoms with E-state index in [2.05, 4.69) is 5.32 Å². The molecule has 0 radical (unpaired) electrons. The maximum Gasteiger partial charge on any atom is 0.337 e. The van der Waals surface area contributed by atoms with Crippen LogP contribution < -0.4 is 5.32 Å². The Morgan fingerprint density at radius 1 is 1.07 bits per heavy atom. The summed E-state index contributed by atoms with van der Waals surface area (Å²) in [5.41, 5.74) is 2.73. The van der Waals surface area contributed by atoms with E-state index in [4.69, 9.17) is 9.47 Å². The van der Waals surface area contributed by atoms with Gasteiger partial charge in [-0.1, -0.05) is 44.2 Å². The normalized spacial score (nSPS) is 12.9. The van der Waals surface area contributed by atoms with E-state index in [0.29, 0.717) is 11.1 Å². The number of amides is 1. The molecule has 2 aromatic carbocycles. The predicted molar refractivity (Wildman–Crippen MR) is 110 cm³/mol. The first-order chi connectivity index (χ1) is 13.8. The van der Waals surface area contributed by atoms with E-state index < -0.39 is 12.1 Å². The van der Waals surface area contributed by atoms with Gasteiger partial charge in [0.05, 0.1) is 25.3 Å². The van der Waals surface area contributed by atoms with Crippen molar-refractivity contribution in [2.75, 3.05) is 7.11 Å². The van der Waals surface area contributed by atoms with Gasteiger partial charge >= 0.3 is 5.97 Å². The maximum absolute atomic E-state index is 12.8. The summed E-state index contributed by atoms with van der Waals surface area (Å²) in [5.74, 6) is -0.644. The van der Waals surface area contributed by atoms with Crippen molar-refractivity contribution in [3.8, 4) is 0 Å². The Hall–Kier alpha value is -2.99. The minimum Gasteiger partial charge on any atom is -0.465 e. The van der Waals surface area contributed by atoms with Crippen LogP contribution in [0.4, 0.5) is 0 Å². The third kappa shape index (κ3) is 6.26. The average Bonchev–Trinajstić information content (AvgIpc) is 2.73. The van der Waals surface area contributed by atoms with Crippen LogP contribution in [0.5, 0.6) is 0 Å². The van der Waals surface area contributed by atoms with Crippen LogP contribution in [-0.2, 0) is 20.9 Å². The van der Waals surface area contributed by atoms with Gasteiger partial charge in [0.25, 0.3) is 0 Å². The zero-order valence-corrected chi connectivity index (χ0v) is 17.2. The van der Waals surface area contributed by atoms with Crippen molar-refractivity contribution in [1.82, 2.24) is 5.32 Å². The van der Waals surface area contributed by atoms with Crippen molar-refractivity contribution >= 4 is 18.2 Å². The molecule has 0 heterocycles. The molecule has 154 valence electrons. The molecule has 1 unspecified atom stereocenters. The van der Waals surface area contributed by atoms with Crippen LogP contribution in [0.1, 0.15) is 58.7 Å². The average molecular weight is 397 g/mol. The predicted octanol–water partition coefficient (Wildman–Crippen LogP) is 3.70. The fourth-order valence-corrected chi connectivity index (χ4v) is 2.92. The van der Waals surface area contributed by atoms with Crippen molar-refractivity contribution < 1.29 is 23.9 Å². The lowest BCUT2D eigenvalue weighted by molar-refractivity contribution is -0.137. The number of esters is 1. The first kappa shape index (κ1) is 22.3. The summed E-state index contributed by atoms with van der Waals surface area (Å²) in [6.07, 6.45) is 0.148. The molecule has 1 N–H and O–H groups in total. The summed E-state index contributed by atoms with van der Waals surface area (Å²) in [7, 11) is 1.33. The molecule has 6 heteroatoms. The van der Waals surface area contributed by atoms with Gasteiger partial charge < -0.3 is 14.8 Å². The molecule has 6 nitrogen and oxygen atoms in total. The Labute approximate surface area is 171 Å². The van der Waals surface area contributed by atoms with Crippen molar-refractivity contribution in [3.63, 3.8) is 0 Å². The highest BCUT2D eigenvalue weighted by Gasteiger charge is 2.24. The lowest BCUT2D eigenvalue weighted by atomic mass is 10.0. The number of hydrogen-bond acceptors (Lipinski definition) is 5. The summed E-state index contributed by atoms with van der Waals surface area (Å²) in [4.78, 5) is 35.2. The quantitative estimate of drug-likeness (QED) is 0.515. The summed E-state index contributed by atoms with van der Waals surface area (Å²) in [6.45, 7) is 5.94. The van der Waals surface area contributed by atoms with E-state index in [1.165, 1.54) is 7.11 Å². The highest BCUT2D eigenvalue weighted by Crippen LogP contribution is 2.17. The molecule has 0 aliphatic heterocycles. The Morgan fingerprint density at radius 3 is 2.34 bits per heavy atom. The SMILES string of the molecule is COC(=O)c1ccc([C@H](C)NC(=O)C(OCc2cccc(C=O)c2)C(C)C)cc1. The third-order valence-electron chi connectivity index (χ3n) is 4.57.